The van der Waals surface area contributed by atoms with Crippen LogP contribution < -0.4 is 9.47 Å². The molecule has 0 bridgehead atoms. The zero-order chi connectivity index (χ0) is 19.9. The number of para-hydroxylation sites is 1. The van der Waals surface area contributed by atoms with Gasteiger partial charge in [-0.1, -0.05) is 34.1 Å². The van der Waals surface area contributed by atoms with Crippen LogP contribution in [-0.4, -0.2) is 27.0 Å². The van der Waals surface area contributed by atoms with E-state index in [-0.39, 0.29) is 6.01 Å². The molecule has 0 spiro atoms. The molecule has 0 saturated carbocycles. The van der Waals surface area contributed by atoms with Crippen molar-refractivity contribution in [2.75, 3.05) is 0 Å². The maximum absolute atomic E-state index is 10.5. The number of halogens is 2. The molecule has 144 valence electrons. The fourth-order valence-corrected chi connectivity index (χ4v) is 3.70. The summed E-state index contributed by atoms with van der Waals surface area (Å²) in [6.45, 7) is 1.84. The van der Waals surface area contributed by atoms with E-state index in [9.17, 15) is 4.79 Å². The summed E-state index contributed by atoms with van der Waals surface area (Å²) in [5.74, 6) is 3.10. The SMILES string of the molecule is Cc1nc(OC(CCC=C=O)Oc2ccccc2)nn1-c1ccc(Br)cc1Br. The van der Waals surface area contributed by atoms with Crippen molar-refractivity contribution in [1.29, 1.82) is 0 Å². The van der Waals surface area contributed by atoms with E-state index < -0.39 is 6.29 Å². The Hall–Kier alpha value is -2.41. The molecule has 0 fully saturated rings. The normalized spacial score (nSPS) is 11.5. The molecule has 3 rings (SSSR count). The third-order valence-electron chi connectivity index (χ3n) is 3.77. The molecule has 1 aromatic heterocycles. The highest BCUT2D eigenvalue weighted by Gasteiger charge is 2.18. The minimum absolute atomic E-state index is 0.198. The molecule has 0 radical (unpaired) electrons. The summed E-state index contributed by atoms with van der Waals surface area (Å²) in [6.07, 6.45) is 1.69. The van der Waals surface area contributed by atoms with Crippen molar-refractivity contribution in [2.24, 2.45) is 0 Å². The molecule has 1 atom stereocenters. The molecule has 0 N–H and O–H groups in total. The maximum atomic E-state index is 10.5. The first-order valence-electron chi connectivity index (χ1n) is 8.53. The van der Waals surface area contributed by atoms with Crippen molar-refractivity contribution >= 4 is 37.8 Å². The standard InChI is InChI=1S/C20H17Br2N3O3/c1-14-23-20(24-25(14)18-11-10-15(21)13-17(18)22)28-19(9-5-6-12-26)27-16-7-3-2-4-8-16/h2-4,6-8,10-11,13,19H,5,9H2,1H3. The summed E-state index contributed by atoms with van der Waals surface area (Å²) >= 11 is 6.98. The molecule has 28 heavy (non-hydrogen) atoms. The minimum Gasteiger partial charge on any atom is -0.455 e. The van der Waals surface area contributed by atoms with Gasteiger partial charge in [-0.15, -0.1) is 5.10 Å². The number of ether oxygens (including phenoxy) is 2. The van der Waals surface area contributed by atoms with Gasteiger partial charge in [0.25, 0.3) is 0 Å². The average Bonchev–Trinajstić information content (AvgIpc) is 3.02. The molecule has 0 saturated heterocycles. The fraction of sp³-hybridized carbons (Fsp3) is 0.200. The number of rotatable bonds is 8. The smallest absolute Gasteiger partial charge is 0.339 e. The van der Waals surface area contributed by atoms with Gasteiger partial charge in [-0.25, -0.2) is 9.48 Å². The van der Waals surface area contributed by atoms with Crippen molar-refractivity contribution in [3.05, 3.63) is 69.4 Å². The van der Waals surface area contributed by atoms with Crippen molar-refractivity contribution in [2.45, 2.75) is 26.1 Å². The van der Waals surface area contributed by atoms with E-state index in [1.807, 2.05) is 55.5 Å². The van der Waals surface area contributed by atoms with Crippen LogP contribution in [-0.2, 0) is 4.79 Å². The van der Waals surface area contributed by atoms with Gasteiger partial charge < -0.3 is 9.47 Å². The largest absolute Gasteiger partial charge is 0.455 e. The third kappa shape index (κ3) is 5.32. The van der Waals surface area contributed by atoms with E-state index in [0.717, 1.165) is 14.6 Å². The summed E-state index contributed by atoms with van der Waals surface area (Å²) in [5, 5.41) is 4.45. The molecule has 0 aliphatic heterocycles. The van der Waals surface area contributed by atoms with Gasteiger partial charge in [0.1, 0.15) is 17.5 Å². The first kappa shape index (κ1) is 20.3. The van der Waals surface area contributed by atoms with Gasteiger partial charge in [0.15, 0.2) is 0 Å². The molecule has 6 nitrogen and oxygen atoms in total. The van der Waals surface area contributed by atoms with Crippen LogP contribution in [0.2, 0.25) is 0 Å². The number of benzene rings is 2. The predicted octanol–water partition coefficient (Wildman–Crippen LogP) is 5.05. The Morgan fingerprint density at radius 3 is 2.68 bits per heavy atom. The van der Waals surface area contributed by atoms with Gasteiger partial charge in [0.2, 0.25) is 6.29 Å². The van der Waals surface area contributed by atoms with Crippen LogP contribution in [0.1, 0.15) is 18.7 Å². The van der Waals surface area contributed by atoms with E-state index in [2.05, 4.69) is 41.9 Å². The highest BCUT2D eigenvalue weighted by Crippen LogP contribution is 2.26. The lowest BCUT2D eigenvalue weighted by Crippen LogP contribution is -2.24. The maximum Gasteiger partial charge on any atom is 0.339 e. The predicted molar refractivity (Wildman–Crippen MR) is 112 cm³/mol. The van der Waals surface area contributed by atoms with Crippen LogP contribution in [0.3, 0.4) is 0 Å². The fourth-order valence-electron chi connectivity index (χ4n) is 2.49. The van der Waals surface area contributed by atoms with Crippen molar-refractivity contribution < 1.29 is 14.3 Å². The van der Waals surface area contributed by atoms with E-state index in [4.69, 9.17) is 9.47 Å². The molecular formula is C20H17Br2N3O3. The van der Waals surface area contributed by atoms with Crippen molar-refractivity contribution in [1.82, 2.24) is 14.8 Å². The number of carbonyl (C=O) groups excluding carboxylic acids is 1. The van der Waals surface area contributed by atoms with Gasteiger partial charge in [-0.3, -0.25) is 0 Å². The van der Waals surface area contributed by atoms with Crippen molar-refractivity contribution in [3.8, 4) is 17.4 Å². The quantitative estimate of drug-likeness (QED) is 0.316. The lowest BCUT2D eigenvalue weighted by Gasteiger charge is -2.17. The minimum atomic E-state index is -0.643. The molecule has 0 amide bonds. The number of aromatic nitrogens is 3. The second-order valence-electron chi connectivity index (χ2n) is 5.83. The van der Waals surface area contributed by atoms with Gasteiger partial charge in [0.05, 0.1) is 5.69 Å². The number of hydrogen-bond acceptors (Lipinski definition) is 5. The molecule has 0 aliphatic rings. The monoisotopic (exact) mass is 505 g/mol. The summed E-state index contributed by atoms with van der Waals surface area (Å²) in [7, 11) is 0. The van der Waals surface area contributed by atoms with Crippen LogP contribution in [0.4, 0.5) is 0 Å². The Bertz CT molecular complexity index is 986. The topological polar surface area (TPSA) is 66.2 Å². The summed E-state index contributed by atoms with van der Waals surface area (Å²) in [5.41, 5.74) is 0.840. The summed E-state index contributed by atoms with van der Waals surface area (Å²) in [6, 6.07) is 15.3. The van der Waals surface area contributed by atoms with Crippen LogP contribution >= 0.6 is 31.9 Å². The average molecular weight is 507 g/mol. The Morgan fingerprint density at radius 2 is 1.96 bits per heavy atom. The number of nitrogens with zero attached hydrogens (tertiary/aromatic N) is 3. The zero-order valence-corrected chi connectivity index (χ0v) is 18.2. The highest BCUT2D eigenvalue weighted by atomic mass is 79.9. The Morgan fingerprint density at radius 1 is 1.18 bits per heavy atom. The van der Waals surface area contributed by atoms with Gasteiger partial charge in [-0.05, 0) is 59.6 Å². The van der Waals surface area contributed by atoms with Crippen LogP contribution in [0.15, 0.2) is 63.6 Å². The molecule has 1 unspecified atom stereocenters. The molecule has 2 aromatic carbocycles. The Balaban J connectivity index is 1.81. The molecule has 8 heteroatoms. The Labute approximate surface area is 179 Å². The number of hydrogen-bond donors (Lipinski definition) is 0. The van der Waals surface area contributed by atoms with Gasteiger partial charge in [-0.2, -0.15) is 4.98 Å². The molecule has 3 aromatic rings. The zero-order valence-electron chi connectivity index (χ0n) is 15.0. The lowest BCUT2D eigenvalue weighted by atomic mass is 10.3. The van der Waals surface area contributed by atoms with E-state index in [1.54, 1.807) is 10.6 Å². The van der Waals surface area contributed by atoms with Crippen molar-refractivity contribution in [3.63, 3.8) is 0 Å². The van der Waals surface area contributed by atoms with E-state index in [1.165, 1.54) is 6.08 Å². The first-order valence-corrected chi connectivity index (χ1v) is 10.1. The van der Waals surface area contributed by atoms with Crippen LogP contribution in [0, 0.1) is 6.92 Å². The van der Waals surface area contributed by atoms with Crippen LogP contribution in [0.5, 0.6) is 11.8 Å². The summed E-state index contributed by atoms with van der Waals surface area (Å²) < 4.78 is 15.3. The molecule has 0 aliphatic carbocycles. The second kappa shape index (κ2) is 9.68. The third-order valence-corrected chi connectivity index (χ3v) is 4.89. The van der Waals surface area contributed by atoms with Gasteiger partial charge >= 0.3 is 6.01 Å². The van der Waals surface area contributed by atoms with E-state index in [0.29, 0.717) is 24.4 Å². The highest BCUT2D eigenvalue weighted by molar-refractivity contribution is 9.11. The van der Waals surface area contributed by atoms with E-state index >= 15 is 0 Å². The number of aryl methyl sites for hydroxylation is 1. The lowest BCUT2D eigenvalue weighted by molar-refractivity contribution is -0.00664. The first-order chi connectivity index (χ1) is 13.6. The molecule has 1 heterocycles. The Kier molecular flexibility index (Phi) is 7.03. The van der Waals surface area contributed by atoms with Gasteiger partial charge in [0, 0.05) is 21.4 Å². The number of allylic oxidation sites excluding steroid dienone is 1. The molecular weight excluding hydrogens is 490 g/mol. The van der Waals surface area contributed by atoms with Crippen LogP contribution in [0.25, 0.3) is 5.69 Å². The summed E-state index contributed by atoms with van der Waals surface area (Å²) in [4.78, 5) is 14.9. The second-order valence-corrected chi connectivity index (χ2v) is 7.60.